The quantitative estimate of drug-likeness (QED) is 0.889. The smallest absolute Gasteiger partial charge is 0.284 e. The van der Waals surface area contributed by atoms with Gasteiger partial charge >= 0.3 is 0 Å². The van der Waals surface area contributed by atoms with E-state index in [4.69, 9.17) is 4.74 Å². The monoisotopic (exact) mass is 284 g/mol. The molecule has 0 bridgehead atoms. The summed E-state index contributed by atoms with van der Waals surface area (Å²) >= 11 is 1.29. The fraction of sp³-hybridized carbons (Fsp3) is 0.750. The summed E-state index contributed by atoms with van der Waals surface area (Å²) in [4.78, 5) is 14.1. The second-order valence-corrected chi connectivity index (χ2v) is 5.53. The summed E-state index contributed by atoms with van der Waals surface area (Å²) in [7, 11) is 1.77. The van der Waals surface area contributed by atoms with Crippen LogP contribution in [0, 0.1) is 0 Å². The number of rotatable bonds is 5. The second kappa shape index (κ2) is 6.81. The molecule has 2 rings (SSSR count). The Morgan fingerprint density at radius 2 is 2.42 bits per heavy atom. The number of hydrogen-bond donors (Lipinski definition) is 1. The highest BCUT2D eigenvalue weighted by Crippen LogP contribution is 2.20. The van der Waals surface area contributed by atoms with E-state index in [2.05, 4.69) is 22.4 Å². The van der Waals surface area contributed by atoms with Crippen molar-refractivity contribution in [3.8, 4) is 0 Å². The molecule has 7 heteroatoms. The van der Waals surface area contributed by atoms with E-state index in [0.29, 0.717) is 16.7 Å². The lowest BCUT2D eigenvalue weighted by Gasteiger charge is -2.32. The molecule has 1 amide bonds. The molecule has 1 aromatic rings. The predicted octanol–water partition coefficient (Wildman–Crippen LogP) is 1.61. The lowest BCUT2D eigenvalue weighted by Crippen LogP contribution is -2.43. The Bertz CT molecular complexity index is 424. The zero-order chi connectivity index (χ0) is 13.7. The van der Waals surface area contributed by atoms with Gasteiger partial charge in [0, 0.05) is 26.7 Å². The second-order valence-electron chi connectivity index (χ2n) is 4.55. The lowest BCUT2D eigenvalue weighted by molar-refractivity contribution is 0.00208. The van der Waals surface area contributed by atoms with Crippen LogP contribution in [0.1, 0.15) is 36.0 Å². The van der Waals surface area contributed by atoms with Gasteiger partial charge in [-0.1, -0.05) is 18.3 Å². The number of amides is 1. The van der Waals surface area contributed by atoms with Crippen LogP contribution in [0.2, 0.25) is 0 Å². The number of anilines is 1. The zero-order valence-corrected chi connectivity index (χ0v) is 12.2. The van der Waals surface area contributed by atoms with Gasteiger partial charge in [-0.3, -0.25) is 4.79 Å². The highest BCUT2D eigenvalue weighted by Gasteiger charge is 2.26. The highest BCUT2D eigenvalue weighted by atomic mass is 32.1. The van der Waals surface area contributed by atoms with Crippen LogP contribution < -0.4 is 5.32 Å². The van der Waals surface area contributed by atoms with Gasteiger partial charge in [-0.25, -0.2) is 0 Å². The molecule has 1 N–H and O–H groups in total. The van der Waals surface area contributed by atoms with E-state index in [1.54, 1.807) is 7.05 Å². The Kier molecular flexibility index (Phi) is 5.09. The molecule has 0 spiro atoms. The van der Waals surface area contributed by atoms with Crippen LogP contribution in [0.4, 0.5) is 5.13 Å². The van der Waals surface area contributed by atoms with E-state index >= 15 is 0 Å². The first kappa shape index (κ1) is 14.2. The molecule has 0 aromatic carbocycles. The first-order valence-electron chi connectivity index (χ1n) is 6.66. The van der Waals surface area contributed by atoms with Crippen molar-refractivity contribution in [2.45, 2.75) is 32.3 Å². The molecular weight excluding hydrogens is 264 g/mol. The number of nitrogens with one attached hydrogen (secondary N) is 1. The third kappa shape index (κ3) is 3.63. The topological polar surface area (TPSA) is 67.3 Å². The Morgan fingerprint density at radius 3 is 3.11 bits per heavy atom. The summed E-state index contributed by atoms with van der Waals surface area (Å²) in [5.74, 6) is -0.0381. The Hall–Kier alpha value is -1.21. The molecule has 106 valence electrons. The van der Waals surface area contributed by atoms with E-state index in [1.165, 1.54) is 11.3 Å². The molecule has 1 unspecified atom stereocenters. The predicted molar refractivity (Wildman–Crippen MR) is 74.6 cm³/mol. The molecule has 0 saturated carbocycles. The van der Waals surface area contributed by atoms with Crippen molar-refractivity contribution in [1.82, 2.24) is 15.1 Å². The fourth-order valence-corrected chi connectivity index (χ4v) is 2.75. The fourth-order valence-electron chi connectivity index (χ4n) is 2.09. The van der Waals surface area contributed by atoms with Crippen molar-refractivity contribution >= 4 is 22.4 Å². The molecule has 1 aliphatic heterocycles. The van der Waals surface area contributed by atoms with Gasteiger partial charge in [0.1, 0.15) is 0 Å². The van der Waals surface area contributed by atoms with Gasteiger partial charge in [0.05, 0.1) is 6.10 Å². The van der Waals surface area contributed by atoms with Gasteiger partial charge in [0.2, 0.25) is 10.1 Å². The van der Waals surface area contributed by atoms with Crippen molar-refractivity contribution in [3.05, 3.63) is 5.01 Å². The average molecular weight is 284 g/mol. The van der Waals surface area contributed by atoms with Crippen molar-refractivity contribution in [2.75, 3.05) is 32.1 Å². The maximum Gasteiger partial charge on any atom is 0.284 e. The van der Waals surface area contributed by atoms with E-state index < -0.39 is 0 Å². The molecule has 1 aromatic heterocycles. The van der Waals surface area contributed by atoms with Gasteiger partial charge in [0.25, 0.3) is 5.91 Å². The van der Waals surface area contributed by atoms with Crippen molar-refractivity contribution in [1.29, 1.82) is 0 Å². The molecular formula is C12H20N4O2S. The maximum absolute atomic E-state index is 12.3. The number of carbonyl (C=O) groups is 1. The summed E-state index contributed by atoms with van der Waals surface area (Å²) in [6.07, 6.45) is 3.18. The van der Waals surface area contributed by atoms with Gasteiger partial charge in [-0.2, -0.15) is 0 Å². The van der Waals surface area contributed by atoms with Crippen molar-refractivity contribution in [2.24, 2.45) is 0 Å². The van der Waals surface area contributed by atoms with Gasteiger partial charge in [0.15, 0.2) is 0 Å². The molecule has 0 radical (unpaired) electrons. The largest absolute Gasteiger partial charge is 0.376 e. The lowest BCUT2D eigenvalue weighted by atomic mass is 10.1. The Labute approximate surface area is 117 Å². The van der Waals surface area contributed by atoms with Gasteiger partial charge in [-0.15, -0.1) is 10.2 Å². The molecule has 6 nitrogen and oxygen atoms in total. The summed E-state index contributed by atoms with van der Waals surface area (Å²) in [6, 6.07) is 0. The first-order valence-corrected chi connectivity index (χ1v) is 7.48. The van der Waals surface area contributed by atoms with E-state index in [-0.39, 0.29) is 12.0 Å². The van der Waals surface area contributed by atoms with Crippen LogP contribution in [0.5, 0.6) is 0 Å². The van der Waals surface area contributed by atoms with Crippen LogP contribution in [-0.4, -0.2) is 53.9 Å². The van der Waals surface area contributed by atoms with Crippen LogP contribution in [0.3, 0.4) is 0 Å². The summed E-state index contributed by atoms with van der Waals surface area (Å²) < 4.78 is 5.74. The minimum atomic E-state index is -0.0381. The number of ether oxygens (including phenoxy) is 1. The summed E-state index contributed by atoms with van der Waals surface area (Å²) in [6.45, 7) is 4.29. The standard InChI is InChI=1S/C12H20N4O2S/c1-3-7-18-9-5-4-6-16(8-9)11(17)10-14-15-12(13-2)19-10/h9H,3-8H2,1-2H3,(H,13,15). The maximum atomic E-state index is 12.3. The Balaban J connectivity index is 1.94. The number of carbonyl (C=O) groups excluding carboxylic acids is 1. The number of aromatic nitrogens is 2. The Morgan fingerprint density at radius 1 is 1.58 bits per heavy atom. The first-order chi connectivity index (χ1) is 9.24. The van der Waals surface area contributed by atoms with Crippen molar-refractivity contribution in [3.63, 3.8) is 0 Å². The number of piperidine rings is 1. The molecule has 1 aliphatic rings. The third-order valence-electron chi connectivity index (χ3n) is 3.04. The van der Waals surface area contributed by atoms with Crippen LogP contribution in [-0.2, 0) is 4.74 Å². The van der Waals surface area contributed by atoms with Crippen LogP contribution >= 0.6 is 11.3 Å². The average Bonchev–Trinajstić information content (AvgIpc) is 2.93. The van der Waals surface area contributed by atoms with E-state index in [0.717, 1.165) is 32.4 Å². The van der Waals surface area contributed by atoms with Crippen molar-refractivity contribution < 1.29 is 9.53 Å². The zero-order valence-electron chi connectivity index (χ0n) is 11.4. The molecule has 0 aliphatic carbocycles. The number of nitrogens with zero attached hydrogens (tertiary/aromatic N) is 3. The molecule has 2 heterocycles. The number of likely N-dealkylation sites (tertiary alicyclic amines) is 1. The van der Waals surface area contributed by atoms with Crippen LogP contribution in [0.15, 0.2) is 0 Å². The molecule has 19 heavy (non-hydrogen) atoms. The summed E-state index contributed by atoms with van der Waals surface area (Å²) in [5.41, 5.74) is 0. The van der Waals surface area contributed by atoms with Gasteiger partial charge in [-0.05, 0) is 19.3 Å². The molecule has 1 fully saturated rings. The molecule has 1 atom stereocenters. The normalized spacial score (nSPS) is 19.5. The van der Waals surface area contributed by atoms with Crippen LogP contribution in [0.25, 0.3) is 0 Å². The van der Waals surface area contributed by atoms with E-state index in [1.807, 2.05) is 4.90 Å². The third-order valence-corrected chi connectivity index (χ3v) is 3.97. The SMILES string of the molecule is CCCOC1CCCN(C(=O)c2nnc(NC)s2)C1. The highest BCUT2D eigenvalue weighted by molar-refractivity contribution is 7.17. The number of hydrogen-bond acceptors (Lipinski definition) is 6. The minimum Gasteiger partial charge on any atom is -0.376 e. The van der Waals surface area contributed by atoms with Gasteiger partial charge < -0.3 is 15.0 Å². The molecule has 1 saturated heterocycles. The summed E-state index contributed by atoms with van der Waals surface area (Å²) in [5, 5.41) is 11.8. The minimum absolute atomic E-state index is 0.0381. The van der Waals surface area contributed by atoms with E-state index in [9.17, 15) is 4.79 Å².